The molecule has 2 N–H and O–H groups in total. The number of aromatic amines is 1. The third-order valence-corrected chi connectivity index (χ3v) is 6.47. The van der Waals surface area contributed by atoms with Crippen LogP contribution in [0.15, 0.2) is 114 Å². The van der Waals surface area contributed by atoms with Crippen molar-refractivity contribution in [2.45, 2.75) is 19.9 Å². The Morgan fingerprint density at radius 3 is 2.58 bits per heavy atom. The van der Waals surface area contributed by atoms with Gasteiger partial charge in [-0.05, 0) is 67.0 Å². The molecule has 2 aliphatic heterocycles. The number of pyridine rings is 1. The zero-order valence-electron chi connectivity index (χ0n) is 20.2. The maximum absolute atomic E-state index is 13.1. The third kappa shape index (κ3) is 4.66. The fourth-order valence-electron chi connectivity index (χ4n) is 4.59. The van der Waals surface area contributed by atoms with Crippen LogP contribution in [0.5, 0.6) is 0 Å². The van der Waals surface area contributed by atoms with Crippen LogP contribution in [0, 0.1) is 0 Å². The average Bonchev–Trinajstić information content (AvgIpc) is 2.91. The molecule has 0 atom stereocenters. The van der Waals surface area contributed by atoms with E-state index in [1.807, 2.05) is 77.5 Å². The van der Waals surface area contributed by atoms with Crippen molar-refractivity contribution < 1.29 is 4.79 Å². The summed E-state index contributed by atoms with van der Waals surface area (Å²) in [6.07, 6.45) is 10.3. The van der Waals surface area contributed by atoms with Gasteiger partial charge in [0, 0.05) is 48.4 Å². The Morgan fingerprint density at radius 1 is 1.06 bits per heavy atom. The fraction of sp³-hybridized carbons (Fsp3) is 0.133. The quantitative estimate of drug-likeness (QED) is 0.526. The smallest absolute Gasteiger partial charge is 0.254 e. The van der Waals surface area contributed by atoms with E-state index >= 15 is 0 Å². The molecule has 0 fully saturated rings. The Hall–Kier alpha value is -4.58. The molecular weight excluding hydrogens is 448 g/mol. The number of aromatic nitrogens is 1. The molecule has 0 radical (unpaired) electrons. The average molecular weight is 477 g/mol. The first-order chi connectivity index (χ1) is 17.5. The van der Waals surface area contributed by atoms with E-state index in [1.165, 1.54) is 11.1 Å². The van der Waals surface area contributed by atoms with Crippen molar-refractivity contribution in [3.63, 3.8) is 0 Å². The van der Waals surface area contributed by atoms with Crippen LogP contribution in [0.4, 0.5) is 5.69 Å². The molecule has 0 spiro atoms. The van der Waals surface area contributed by atoms with E-state index in [0.717, 1.165) is 41.3 Å². The maximum atomic E-state index is 13.1. The number of nitrogens with zero attached hydrogens (tertiary/aromatic N) is 2. The van der Waals surface area contributed by atoms with Gasteiger partial charge >= 0.3 is 0 Å². The molecular formula is C30H28N4O2. The van der Waals surface area contributed by atoms with Crippen LogP contribution in [-0.4, -0.2) is 27.2 Å². The normalized spacial score (nSPS) is 15.4. The molecule has 0 aliphatic carbocycles. The van der Waals surface area contributed by atoms with E-state index < -0.39 is 0 Å². The molecule has 5 rings (SSSR count). The molecule has 1 aromatic heterocycles. The Morgan fingerprint density at radius 2 is 1.83 bits per heavy atom. The first kappa shape index (κ1) is 23.2. The van der Waals surface area contributed by atoms with Gasteiger partial charge in [-0.3, -0.25) is 9.59 Å². The highest BCUT2D eigenvalue weighted by Gasteiger charge is 2.22. The number of hydrogen-bond acceptors (Lipinski definition) is 4. The summed E-state index contributed by atoms with van der Waals surface area (Å²) in [5.41, 5.74) is 7.15. The maximum Gasteiger partial charge on any atom is 0.254 e. The van der Waals surface area contributed by atoms with Crippen molar-refractivity contribution in [1.29, 1.82) is 0 Å². The second-order valence-corrected chi connectivity index (χ2v) is 8.82. The molecule has 3 aromatic rings. The van der Waals surface area contributed by atoms with E-state index in [9.17, 15) is 9.59 Å². The van der Waals surface area contributed by atoms with Gasteiger partial charge in [0.15, 0.2) is 0 Å². The summed E-state index contributed by atoms with van der Waals surface area (Å²) in [5.74, 6) is 0.0435. The molecule has 3 heterocycles. The number of carbonyl (C=O) groups excluding carboxylic acids is 1. The first-order valence-corrected chi connectivity index (χ1v) is 12.0. The summed E-state index contributed by atoms with van der Waals surface area (Å²) in [6, 6.07) is 19.3. The first-order valence-electron chi connectivity index (χ1n) is 12.0. The van der Waals surface area contributed by atoms with Crippen LogP contribution < -0.4 is 10.9 Å². The Labute approximate surface area is 210 Å². The molecule has 6 nitrogen and oxygen atoms in total. The molecule has 0 bridgehead atoms. The lowest BCUT2D eigenvalue weighted by Crippen LogP contribution is -2.35. The minimum Gasteiger partial charge on any atom is -0.354 e. The van der Waals surface area contributed by atoms with Crippen LogP contribution in [0.1, 0.15) is 34.0 Å². The number of anilines is 1. The Balaban J connectivity index is 1.32. The number of nitrogens with one attached hydrogen (secondary N) is 2. The number of benzene rings is 2. The number of hydrogen-bond donors (Lipinski definition) is 2. The van der Waals surface area contributed by atoms with Gasteiger partial charge in [0.2, 0.25) is 5.56 Å². The van der Waals surface area contributed by atoms with Crippen molar-refractivity contribution in [3.05, 3.63) is 142 Å². The minimum atomic E-state index is -0.157. The minimum absolute atomic E-state index is 0.0435. The molecule has 0 saturated carbocycles. The predicted molar refractivity (Wildman–Crippen MR) is 144 cm³/mol. The van der Waals surface area contributed by atoms with E-state index in [2.05, 4.69) is 35.1 Å². The third-order valence-electron chi connectivity index (χ3n) is 6.47. The second-order valence-electron chi connectivity index (χ2n) is 8.82. The van der Waals surface area contributed by atoms with E-state index in [0.29, 0.717) is 12.1 Å². The van der Waals surface area contributed by atoms with Crippen LogP contribution in [-0.2, 0) is 13.0 Å². The van der Waals surface area contributed by atoms with Crippen molar-refractivity contribution in [2.75, 3.05) is 11.9 Å². The summed E-state index contributed by atoms with van der Waals surface area (Å²) < 4.78 is 0. The van der Waals surface area contributed by atoms with Crippen molar-refractivity contribution in [2.24, 2.45) is 0 Å². The van der Waals surface area contributed by atoms with Gasteiger partial charge in [-0.15, -0.1) is 0 Å². The number of rotatable bonds is 5. The van der Waals surface area contributed by atoms with Crippen LogP contribution >= 0.6 is 0 Å². The van der Waals surface area contributed by atoms with Crippen LogP contribution in [0.3, 0.4) is 0 Å². The molecule has 2 aliphatic rings. The highest BCUT2D eigenvalue weighted by Crippen LogP contribution is 2.31. The Bertz CT molecular complexity index is 1460. The number of amides is 1. The highest BCUT2D eigenvalue weighted by molar-refractivity contribution is 5.94. The summed E-state index contributed by atoms with van der Waals surface area (Å²) >= 11 is 0. The largest absolute Gasteiger partial charge is 0.354 e. The van der Waals surface area contributed by atoms with Gasteiger partial charge < -0.3 is 20.1 Å². The number of H-pyrrole nitrogens is 1. The van der Waals surface area contributed by atoms with Crippen molar-refractivity contribution >= 4 is 17.3 Å². The summed E-state index contributed by atoms with van der Waals surface area (Å²) in [7, 11) is 0. The lowest BCUT2D eigenvalue weighted by atomic mass is 9.99. The van der Waals surface area contributed by atoms with Gasteiger partial charge in [-0.2, -0.15) is 0 Å². The monoisotopic (exact) mass is 476 g/mol. The fourth-order valence-corrected chi connectivity index (χ4v) is 4.59. The van der Waals surface area contributed by atoms with Crippen LogP contribution in [0.2, 0.25) is 0 Å². The van der Waals surface area contributed by atoms with Crippen molar-refractivity contribution in [1.82, 2.24) is 14.8 Å². The molecule has 2 aromatic carbocycles. The van der Waals surface area contributed by atoms with E-state index in [1.54, 1.807) is 12.3 Å². The Kier molecular flexibility index (Phi) is 6.41. The molecule has 180 valence electrons. The zero-order chi connectivity index (χ0) is 25.1. The SMILES string of the molecule is C=C1C(Nc2ccc(C(=O)N3CCc4ccccc4C3)cc2)=CC=C(c2cc[nH]c(=O)c2)N1/C=C\C. The predicted octanol–water partition coefficient (Wildman–Crippen LogP) is 5.27. The number of carbonyl (C=O) groups is 1. The lowest BCUT2D eigenvalue weighted by Gasteiger charge is -2.31. The van der Waals surface area contributed by atoms with Gasteiger partial charge in [-0.1, -0.05) is 36.9 Å². The summed E-state index contributed by atoms with van der Waals surface area (Å²) in [4.78, 5) is 31.4. The van der Waals surface area contributed by atoms with Gasteiger partial charge in [0.25, 0.3) is 5.91 Å². The number of allylic oxidation sites excluding steroid dienone is 3. The van der Waals surface area contributed by atoms with Gasteiger partial charge in [0.1, 0.15) is 0 Å². The molecule has 36 heavy (non-hydrogen) atoms. The van der Waals surface area contributed by atoms with Crippen LogP contribution in [0.25, 0.3) is 5.70 Å². The molecule has 0 saturated heterocycles. The number of fused-ring (bicyclic) bond motifs is 1. The zero-order valence-corrected chi connectivity index (χ0v) is 20.2. The van der Waals surface area contributed by atoms with E-state index in [4.69, 9.17) is 0 Å². The molecule has 0 unspecified atom stereocenters. The molecule has 1 amide bonds. The topological polar surface area (TPSA) is 68.4 Å². The van der Waals surface area contributed by atoms with E-state index in [-0.39, 0.29) is 11.5 Å². The summed E-state index contributed by atoms with van der Waals surface area (Å²) in [5, 5.41) is 3.41. The van der Waals surface area contributed by atoms with Crippen molar-refractivity contribution in [3.8, 4) is 0 Å². The second kappa shape index (κ2) is 9.96. The van der Waals surface area contributed by atoms with Gasteiger partial charge in [0.05, 0.1) is 17.1 Å². The van der Waals surface area contributed by atoms with Gasteiger partial charge in [-0.25, -0.2) is 0 Å². The summed E-state index contributed by atoms with van der Waals surface area (Å²) in [6.45, 7) is 7.58. The lowest BCUT2D eigenvalue weighted by molar-refractivity contribution is 0.0734. The highest BCUT2D eigenvalue weighted by atomic mass is 16.2. The standard InChI is InChI=1S/C30H28N4O2/c1-3-17-34-21(2)27(12-13-28(34)24-14-16-31-29(35)19-24)32-26-10-8-23(9-11-26)30(36)33-18-15-22-6-4-5-7-25(22)20-33/h3-14,16-17,19,32H,2,15,18,20H2,1H3,(H,31,35)/b17-3-. The molecule has 6 heteroatoms.